The molecule has 0 aliphatic carbocycles. The molecule has 2 N–H and O–H groups in total. The fourth-order valence-electron chi connectivity index (χ4n) is 1.80. The molecule has 4 nitrogen and oxygen atoms in total. The highest BCUT2D eigenvalue weighted by Crippen LogP contribution is 2.33. The van der Waals surface area contributed by atoms with Crippen LogP contribution in [-0.4, -0.2) is 23.2 Å². The highest BCUT2D eigenvalue weighted by atomic mass is 79.9. The smallest absolute Gasteiger partial charge is 0.338 e. The zero-order chi connectivity index (χ0) is 11.9. The van der Waals surface area contributed by atoms with Crippen molar-refractivity contribution in [2.24, 2.45) is 0 Å². The van der Waals surface area contributed by atoms with E-state index in [1.54, 1.807) is 26.2 Å². The van der Waals surface area contributed by atoms with Gasteiger partial charge < -0.3 is 14.8 Å². The Morgan fingerprint density at radius 2 is 2.19 bits per heavy atom. The molecule has 0 radical (unpaired) electrons. The lowest BCUT2D eigenvalue weighted by molar-refractivity contribution is 0.0698. The number of H-pyrrole nitrogens is 1. The Bertz CT molecular complexity index is 574. The fourth-order valence-corrected chi connectivity index (χ4v) is 2.23. The molecule has 16 heavy (non-hydrogen) atoms. The van der Waals surface area contributed by atoms with Gasteiger partial charge in [-0.25, -0.2) is 4.79 Å². The summed E-state index contributed by atoms with van der Waals surface area (Å²) in [6.07, 6.45) is 0. The van der Waals surface area contributed by atoms with Gasteiger partial charge in [-0.05, 0) is 19.1 Å². The van der Waals surface area contributed by atoms with Gasteiger partial charge in [-0.3, -0.25) is 0 Å². The number of hydrogen-bond acceptors (Lipinski definition) is 2. The first-order valence-corrected chi connectivity index (χ1v) is 5.43. The van der Waals surface area contributed by atoms with Crippen molar-refractivity contribution in [3.8, 4) is 5.75 Å². The number of nitrogens with one attached hydrogen (secondary N) is 1. The molecule has 84 valence electrons. The number of aromatic carboxylic acids is 1. The van der Waals surface area contributed by atoms with Crippen LogP contribution in [0.15, 0.2) is 16.6 Å². The molecule has 0 bridgehead atoms. The number of benzene rings is 1. The summed E-state index contributed by atoms with van der Waals surface area (Å²) in [6.45, 7) is 1.73. The molecule has 0 saturated carbocycles. The molecule has 0 aliphatic rings. The molecule has 2 rings (SSSR count). The molecule has 1 aromatic heterocycles. The molecule has 0 fully saturated rings. The van der Waals surface area contributed by atoms with E-state index in [1.165, 1.54) is 0 Å². The number of methoxy groups -OCH3 is 1. The third-order valence-electron chi connectivity index (χ3n) is 2.46. The summed E-state index contributed by atoms with van der Waals surface area (Å²) in [5, 5.41) is 9.78. The van der Waals surface area contributed by atoms with Gasteiger partial charge in [0.1, 0.15) is 5.75 Å². The third kappa shape index (κ3) is 1.57. The number of halogens is 1. The van der Waals surface area contributed by atoms with Crippen LogP contribution in [-0.2, 0) is 0 Å². The van der Waals surface area contributed by atoms with Gasteiger partial charge in [-0.2, -0.15) is 0 Å². The molecule has 0 spiro atoms. The van der Waals surface area contributed by atoms with Crippen LogP contribution in [0.3, 0.4) is 0 Å². The average Bonchev–Trinajstić information content (AvgIpc) is 2.52. The number of carbonyl (C=O) groups is 1. The number of ether oxygens (including phenoxy) is 1. The molecule has 1 aromatic carbocycles. The molecule has 0 amide bonds. The number of aromatic amines is 1. The molecular formula is C11H10BrNO3. The number of carboxylic acids is 1. The minimum absolute atomic E-state index is 0.287. The van der Waals surface area contributed by atoms with E-state index in [1.807, 2.05) is 0 Å². The minimum Gasteiger partial charge on any atom is -0.495 e. The van der Waals surface area contributed by atoms with Gasteiger partial charge in [0.05, 0.1) is 18.2 Å². The lowest BCUT2D eigenvalue weighted by Gasteiger charge is -2.02. The topological polar surface area (TPSA) is 62.3 Å². The van der Waals surface area contributed by atoms with E-state index in [4.69, 9.17) is 9.84 Å². The number of aromatic nitrogens is 1. The summed E-state index contributed by atoms with van der Waals surface area (Å²) < 4.78 is 5.99. The van der Waals surface area contributed by atoms with E-state index in [2.05, 4.69) is 20.9 Å². The Morgan fingerprint density at radius 1 is 1.50 bits per heavy atom. The van der Waals surface area contributed by atoms with Crippen LogP contribution in [0.25, 0.3) is 10.9 Å². The second-order valence-corrected chi connectivity index (χ2v) is 4.38. The molecule has 5 heteroatoms. The Kier molecular flexibility index (Phi) is 2.63. The lowest BCUT2D eigenvalue weighted by Crippen LogP contribution is -1.97. The minimum atomic E-state index is -0.941. The van der Waals surface area contributed by atoms with Crippen molar-refractivity contribution in [2.45, 2.75) is 6.92 Å². The Labute approximate surface area is 100 Å². The maximum atomic E-state index is 11.1. The van der Waals surface area contributed by atoms with Crippen LogP contribution < -0.4 is 4.74 Å². The van der Waals surface area contributed by atoms with Crippen molar-refractivity contribution >= 4 is 32.8 Å². The first-order valence-electron chi connectivity index (χ1n) is 4.63. The van der Waals surface area contributed by atoms with Crippen molar-refractivity contribution in [1.82, 2.24) is 4.98 Å². The zero-order valence-corrected chi connectivity index (χ0v) is 10.4. The molecule has 1 heterocycles. The first kappa shape index (κ1) is 11.0. The van der Waals surface area contributed by atoms with Gasteiger partial charge in [0.15, 0.2) is 0 Å². The Morgan fingerprint density at radius 3 is 2.75 bits per heavy atom. The zero-order valence-electron chi connectivity index (χ0n) is 8.80. The van der Waals surface area contributed by atoms with E-state index >= 15 is 0 Å². The Balaban J connectivity index is 2.89. The van der Waals surface area contributed by atoms with Crippen molar-refractivity contribution in [3.05, 3.63) is 27.9 Å². The largest absolute Gasteiger partial charge is 0.495 e. The van der Waals surface area contributed by atoms with Crippen molar-refractivity contribution < 1.29 is 14.6 Å². The van der Waals surface area contributed by atoms with Crippen molar-refractivity contribution in [1.29, 1.82) is 0 Å². The van der Waals surface area contributed by atoms with Gasteiger partial charge in [0, 0.05) is 15.6 Å². The van der Waals surface area contributed by atoms with Gasteiger partial charge in [-0.1, -0.05) is 15.9 Å². The van der Waals surface area contributed by atoms with Gasteiger partial charge in [-0.15, -0.1) is 0 Å². The SMILES string of the molecule is COc1cc(Br)cc2c(C(=O)O)c(C)[nH]c12. The summed E-state index contributed by atoms with van der Waals surface area (Å²) in [5.74, 6) is -0.316. The second kappa shape index (κ2) is 3.83. The monoisotopic (exact) mass is 283 g/mol. The quantitative estimate of drug-likeness (QED) is 0.891. The summed E-state index contributed by atoms with van der Waals surface area (Å²) in [5.41, 5.74) is 1.62. The standard InChI is InChI=1S/C11H10BrNO3/c1-5-9(11(14)15)7-3-6(12)4-8(16-2)10(7)13-5/h3-4,13H,1-2H3,(H,14,15). The maximum absolute atomic E-state index is 11.1. The second-order valence-electron chi connectivity index (χ2n) is 3.46. The summed E-state index contributed by atoms with van der Waals surface area (Å²) in [7, 11) is 1.55. The van der Waals surface area contributed by atoms with Crippen LogP contribution in [0.1, 0.15) is 16.1 Å². The van der Waals surface area contributed by atoms with Gasteiger partial charge in [0.25, 0.3) is 0 Å². The molecule has 2 aromatic rings. The molecule has 0 aliphatic heterocycles. The number of carboxylic acid groups (broad SMARTS) is 1. The molecular weight excluding hydrogens is 274 g/mol. The van der Waals surface area contributed by atoms with Crippen LogP contribution in [0.4, 0.5) is 0 Å². The van der Waals surface area contributed by atoms with Crippen LogP contribution in [0.2, 0.25) is 0 Å². The Hall–Kier alpha value is -1.49. The van der Waals surface area contributed by atoms with E-state index in [0.29, 0.717) is 22.3 Å². The predicted molar refractivity (Wildman–Crippen MR) is 64.2 cm³/mol. The summed E-state index contributed by atoms with van der Waals surface area (Å²) in [6, 6.07) is 3.56. The van der Waals surface area contributed by atoms with Gasteiger partial charge >= 0.3 is 5.97 Å². The van der Waals surface area contributed by atoms with E-state index in [9.17, 15) is 4.79 Å². The third-order valence-corrected chi connectivity index (χ3v) is 2.92. The van der Waals surface area contributed by atoms with Crippen LogP contribution >= 0.6 is 15.9 Å². The van der Waals surface area contributed by atoms with Crippen molar-refractivity contribution in [2.75, 3.05) is 7.11 Å². The first-order chi connectivity index (χ1) is 7.54. The van der Waals surface area contributed by atoms with E-state index in [-0.39, 0.29) is 5.56 Å². The molecule has 0 atom stereocenters. The van der Waals surface area contributed by atoms with Crippen LogP contribution in [0, 0.1) is 6.92 Å². The predicted octanol–water partition coefficient (Wildman–Crippen LogP) is 2.95. The van der Waals surface area contributed by atoms with Crippen LogP contribution in [0.5, 0.6) is 5.75 Å². The molecule has 0 unspecified atom stereocenters. The number of hydrogen-bond donors (Lipinski definition) is 2. The average molecular weight is 284 g/mol. The highest BCUT2D eigenvalue weighted by molar-refractivity contribution is 9.10. The summed E-state index contributed by atoms with van der Waals surface area (Å²) in [4.78, 5) is 14.2. The van der Waals surface area contributed by atoms with E-state index < -0.39 is 5.97 Å². The number of aryl methyl sites for hydroxylation is 1. The fraction of sp³-hybridized carbons (Fsp3) is 0.182. The summed E-state index contributed by atoms with van der Waals surface area (Å²) >= 11 is 3.33. The number of fused-ring (bicyclic) bond motifs is 1. The van der Waals surface area contributed by atoms with E-state index in [0.717, 1.165) is 4.47 Å². The molecule has 0 saturated heterocycles. The van der Waals surface area contributed by atoms with Crippen molar-refractivity contribution in [3.63, 3.8) is 0 Å². The highest BCUT2D eigenvalue weighted by Gasteiger charge is 2.17. The number of rotatable bonds is 2. The normalized spacial score (nSPS) is 10.7. The maximum Gasteiger partial charge on any atom is 0.338 e. The van der Waals surface area contributed by atoms with Gasteiger partial charge in [0.2, 0.25) is 0 Å². The lowest BCUT2D eigenvalue weighted by atomic mass is 10.1.